The predicted molar refractivity (Wildman–Crippen MR) is 77.3 cm³/mol. The molecular formula is C15H16N2OS. The van der Waals surface area contributed by atoms with Crippen LogP contribution in [-0.4, -0.2) is 12.1 Å². The van der Waals surface area contributed by atoms with Crippen LogP contribution in [0, 0.1) is 0 Å². The summed E-state index contributed by atoms with van der Waals surface area (Å²) in [6.07, 6.45) is 1.87. The standard InChI is InChI=1S/C15H16N2OS/c18-15(16-9-11-5-6-19-10-11)17-14-7-12-3-1-2-4-13(12)8-14/h1-6,10,14H,7-9H2,(H2,16,17,18). The number of hydrogen-bond acceptors (Lipinski definition) is 2. The third kappa shape index (κ3) is 2.96. The van der Waals surface area contributed by atoms with Crippen molar-refractivity contribution in [1.29, 1.82) is 0 Å². The highest BCUT2D eigenvalue weighted by atomic mass is 32.1. The molecule has 1 aromatic carbocycles. The molecule has 3 nitrogen and oxygen atoms in total. The highest BCUT2D eigenvalue weighted by Crippen LogP contribution is 2.21. The first-order chi connectivity index (χ1) is 9.31. The Labute approximate surface area is 116 Å². The normalized spacial score (nSPS) is 14.1. The van der Waals surface area contributed by atoms with E-state index in [0.717, 1.165) is 18.4 Å². The van der Waals surface area contributed by atoms with E-state index in [4.69, 9.17) is 0 Å². The molecule has 0 saturated carbocycles. The molecule has 1 aromatic heterocycles. The average Bonchev–Trinajstić information content (AvgIpc) is 3.04. The number of amides is 2. The maximum atomic E-state index is 11.8. The highest BCUT2D eigenvalue weighted by Gasteiger charge is 2.22. The lowest BCUT2D eigenvalue weighted by Gasteiger charge is -2.12. The van der Waals surface area contributed by atoms with Crippen LogP contribution in [0.4, 0.5) is 4.79 Å². The number of carbonyl (C=O) groups is 1. The summed E-state index contributed by atoms with van der Waals surface area (Å²) >= 11 is 1.64. The Morgan fingerprint density at radius 2 is 1.95 bits per heavy atom. The number of carbonyl (C=O) groups excluding carboxylic acids is 1. The van der Waals surface area contributed by atoms with Gasteiger partial charge in [-0.2, -0.15) is 11.3 Å². The zero-order valence-electron chi connectivity index (χ0n) is 10.6. The molecule has 4 heteroatoms. The molecule has 0 saturated heterocycles. The lowest BCUT2D eigenvalue weighted by molar-refractivity contribution is 0.237. The van der Waals surface area contributed by atoms with E-state index in [9.17, 15) is 4.79 Å². The zero-order chi connectivity index (χ0) is 13.1. The summed E-state index contributed by atoms with van der Waals surface area (Å²) in [5, 5.41) is 10.0. The highest BCUT2D eigenvalue weighted by molar-refractivity contribution is 7.07. The monoisotopic (exact) mass is 272 g/mol. The molecule has 1 aliphatic rings. The smallest absolute Gasteiger partial charge is 0.315 e. The van der Waals surface area contributed by atoms with Crippen LogP contribution in [0.2, 0.25) is 0 Å². The predicted octanol–water partition coefficient (Wildman–Crippen LogP) is 2.71. The van der Waals surface area contributed by atoms with Crippen molar-refractivity contribution in [2.75, 3.05) is 0 Å². The molecule has 0 aliphatic heterocycles. The van der Waals surface area contributed by atoms with E-state index in [1.807, 2.05) is 16.8 Å². The fourth-order valence-corrected chi connectivity index (χ4v) is 3.14. The summed E-state index contributed by atoms with van der Waals surface area (Å²) in [4.78, 5) is 11.8. The van der Waals surface area contributed by atoms with Crippen molar-refractivity contribution < 1.29 is 4.79 Å². The topological polar surface area (TPSA) is 41.1 Å². The van der Waals surface area contributed by atoms with Crippen molar-refractivity contribution in [1.82, 2.24) is 10.6 Å². The van der Waals surface area contributed by atoms with Gasteiger partial charge < -0.3 is 10.6 Å². The Morgan fingerprint density at radius 3 is 2.58 bits per heavy atom. The second kappa shape index (κ2) is 5.45. The fourth-order valence-electron chi connectivity index (χ4n) is 2.47. The molecule has 0 radical (unpaired) electrons. The van der Waals surface area contributed by atoms with Gasteiger partial charge in [-0.05, 0) is 46.4 Å². The van der Waals surface area contributed by atoms with Crippen LogP contribution in [0.1, 0.15) is 16.7 Å². The van der Waals surface area contributed by atoms with Gasteiger partial charge in [0.15, 0.2) is 0 Å². The zero-order valence-corrected chi connectivity index (χ0v) is 11.4. The van der Waals surface area contributed by atoms with Crippen LogP contribution in [0.15, 0.2) is 41.1 Å². The number of fused-ring (bicyclic) bond motifs is 1. The molecule has 19 heavy (non-hydrogen) atoms. The summed E-state index contributed by atoms with van der Waals surface area (Å²) in [7, 11) is 0. The number of rotatable bonds is 3. The average molecular weight is 272 g/mol. The molecule has 2 N–H and O–H groups in total. The first-order valence-corrected chi connectivity index (χ1v) is 7.38. The Balaban J connectivity index is 1.49. The van der Waals surface area contributed by atoms with E-state index in [0.29, 0.717) is 6.54 Å². The van der Waals surface area contributed by atoms with E-state index in [2.05, 4.69) is 34.9 Å². The second-order valence-corrected chi connectivity index (χ2v) is 5.61. The lowest BCUT2D eigenvalue weighted by atomic mass is 10.1. The van der Waals surface area contributed by atoms with E-state index in [1.54, 1.807) is 11.3 Å². The largest absolute Gasteiger partial charge is 0.335 e. The lowest BCUT2D eigenvalue weighted by Crippen LogP contribution is -2.42. The number of thiophene rings is 1. The number of benzene rings is 1. The van der Waals surface area contributed by atoms with Gasteiger partial charge >= 0.3 is 6.03 Å². The molecular weight excluding hydrogens is 256 g/mol. The molecule has 0 fully saturated rings. The van der Waals surface area contributed by atoms with E-state index in [1.165, 1.54) is 11.1 Å². The van der Waals surface area contributed by atoms with Crippen LogP contribution in [0.25, 0.3) is 0 Å². The van der Waals surface area contributed by atoms with Gasteiger partial charge in [-0.25, -0.2) is 4.79 Å². The van der Waals surface area contributed by atoms with Gasteiger partial charge in [0.2, 0.25) is 0 Å². The maximum absolute atomic E-state index is 11.8. The van der Waals surface area contributed by atoms with Crippen LogP contribution in [-0.2, 0) is 19.4 Å². The van der Waals surface area contributed by atoms with Gasteiger partial charge in [-0.1, -0.05) is 24.3 Å². The molecule has 0 bridgehead atoms. The van der Waals surface area contributed by atoms with E-state index >= 15 is 0 Å². The summed E-state index contributed by atoms with van der Waals surface area (Å²) in [6, 6.07) is 10.6. The molecule has 2 aromatic rings. The minimum atomic E-state index is -0.0796. The third-order valence-electron chi connectivity index (χ3n) is 3.42. The Kier molecular flexibility index (Phi) is 3.51. The van der Waals surface area contributed by atoms with Crippen molar-refractivity contribution in [2.24, 2.45) is 0 Å². The summed E-state index contributed by atoms with van der Waals surface area (Å²) in [5.74, 6) is 0. The van der Waals surface area contributed by atoms with Crippen LogP contribution in [0.3, 0.4) is 0 Å². The summed E-state index contributed by atoms with van der Waals surface area (Å²) in [6.45, 7) is 0.592. The first-order valence-electron chi connectivity index (χ1n) is 6.43. The minimum absolute atomic E-state index is 0.0796. The summed E-state index contributed by atoms with van der Waals surface area (Å²) in [5.41, 5.74) is 3.85. The SMILES string of the molecule is O=C(NCc1ccsc1)NC1Cc2ccccc2C1. The molecule has 0 atom stereocenters. The van der Waals surface area contributed by atoms with E-state index < -0.39 is 0 Å². The third-order valence-corrected chi connectivity index (χ3v) is 4.15. The number of nitrogens with one attached hydrogen (secondary N) is 2. The molecule has 3 rings (SSSR count). The minimum Gasteiger partial charge on any atom is -0.335 e. The van der Waals surface area contributed by atoms with Gasteiger partial charge in [0.25, 0.3) is 0 Å². The number of urea groups is 1. The molecule has 1 aliphatic carbocycles. The Hall–Kier alpha value is -1.81. The van der Waals surface area contributed by atoms with Gasteiger partial charge in [-0.15, -0.1) is 0 Å². The van der Waals surface area contributed by atoms with Crippen molar-refractivity contribution in [3.8, 4) is 0 Å². The van der Waals surface area contributed by atoms with Crippen molar-refractivity contribution in [3.63, 3.8) is 0 Å². The maximum Gasteiger partial charge on any atom is 0.315 e. The van der Waals surface area contributed by atoms with E-state index in [-0.39, 0.29) is 12.1 Å². The Morgan fingerprint density at radius 1 is 1.21 bits per heavy atom. The molecule has 1 heterocycles. The van der Waals surface area contributed by atoms with Crippen molar-refractivity contribution in [2.45, 2.75) is 25.4 Å². The quantitative estimate of drug-likeness (QED) is 0.886. The molecule has 0 unspecified atom stereocenters. The Bertz CT molecular complexity index is 540. The molecule has 2 amide bonds. The van der Waals surface area contributed by atoms with Gasteiger partial charge in [0.1, 0.15) is 0 Å². The first kappa shape index (κ1) is 12.2. The van der Waals surface area contributed by atoms with Crippen LogP contribution < -0.4 is 10.6 Å². The molecule has 98 valence electrons. The van der Waals surface area contributed by atoms with Crippen molar-refractivity contribution in [3.05, 3.63) is 57.8 Å². The summed E-state index contributed by atoms with van der Waals surface area (Å²) < 4.78 is 0. The van der Waals surface area contributed by atoms with Gasteiger partial charge in [-0.3, -0.25) is 0 Å². The van der Waals surface area contributed by atoms with Crippen LogP contribution >= 0.6 is 11.3 Å². The molecule has 0 spiro atoms. The number of hydrogen-bond donors (Lipinski definition) is 2. The van der Waals surface area contributed by atoms with Crippen molar-refractivity contribution >= 4 is 17.4 Å². The second-order valence-electron chi connectivity index (χ2n) is 4.83. The van der Waals surface area contributed by atoms with Gasteiger partial charge in [0, 0.05) is 12.6 Å². The van der Waals surface area contributed by atoms with Crippen LogP contribution in [0.5, 0.6) is 0 Å². The fraction of sp³-hybridized carbons (Fsp3) is 0.267. The van der Waals surface area contributed by atoms with Gasteiger partial charge in [0.05, 0.1) is 0 Å².